The lowest BCUT2D eigenvalue weighted by Crippen LogP contribution is -2.36. The fourth-order valence-corrected chi connectivity index (χ4v) is 7.43. The maximum absolute atomic E-state index is 12.7. The first-order chi connectivity index (χ1) is 15.8. The van der Waals surface area contributed by atoms with Gasteiger partial charge in [-0.2, -0.15) is 0 Å². The van der Waals surface area contributed by atoms with Crippen LogP contribution in [0.25, 0.3) is 0 Å². The van der Waals surface area contributed by atoms with Gasteiger partial charge in [0.25, 0.3) is 0 Å². The molecule has 2 aliphatic rings. The summed E-state index contributed by atoms with van der Waals surface area (Å²) >= 11 is 0. The molecule has 2 aliphatic carbocycles. The summed E-state index contributed by atoms with van der Waals surface area (Å²) in [5.74, 6) is 0. The molecular formula is C25H34N2O4S2. The van der Waals surface area contributed by atoms with E-state index in [0.717, 1.165) is 62.5 Å². The first-order valence-electron chi connectivity index (χ1n) is 12.0. The molecule has 0 aliphatic heterocycles. The minimum atomic E-state index is -3.51. The molecule has 0 bridgehead atoms. The van der Waals surface area contributed by atoms with Crippen LogP contribution in [-0.4, -0.2) is 28.9 Å². The van der Waals surface area contributed by atoms with Crippen molar-refractivity contribution in [3.63, 3.8) is 0 Å². The van der Waals surface area contributed by atoms with Crippen LogP contribution in [0.5, 0.6) is 0 Å². The summed E-state index contributed by atoms with van der Waals surface area (Å²) in [7, 11) is -7.02. The third-order valence-electron chi connectivity index (χ3n) is 6.73. The Hall–Kier alpha value is -1.74. The highest BCUT2D eigenvalue weighted by molar-refractivity contribution is 7.89. The van der Waals surface area contributed by atoms with Crippen LogP contribution in [0.1, 0.15) is 75.3 Å². The second kappa shape index (κ2) is 10.7. The Kier molecular flexibility index (Phi) is 7.89. The number of hydrogen-bond donors (Lipinski definition) is 2. The molecule has 0 unspecified atom stereocenters. The molecule has 4 rings (SSSR count). The molecule has 0 spiro atoms. The van der Waals surface area contributed by atoms with Gasteiger partial charge in [-0.05, 0) is 67.5 Å². The van der Waals surface area contributed by atoms with E-state index in [9.17, 15) is 16.8 Å². The number of hydrogen-bond acceptors (Lipinski definition) is 4. The molecular weight excluding hydrogens is 456 g/mol. The Balaban J connectivity index is 1.37. The average Bonchev–Trinajstić information content (AvgIpc) is 2.81. The monoisotopic (exact) mass is 490 g/mol. The normalized spacial score (nSPS) is 18.9. The summed E-state index contributed by atoms with van der Waals surface area (Å²) < 4.78 is 56.4. The zero-order valence-electron chi connectivity index (χ0n) is 19.0. The van der Waals surface area contributed by atoms with Crippen molar-refractivity contribution < 1.29 is 16.8 Å². The molecule has 6 nitrogen and oxygen atoms in total. The number of nitrogens with one attached hydrogen (secondary N) is 2. The molecule has 2 saturated carbocycles. The van der Waals surface area contributed by atoms with Crippen LogP contribution in [0.4, 0.5) is 0 Å². The van der Waals surface area contributed by atoms with Gasteiger partial charge in [0.2, 0.25) is 20.0 Å². The smallest absolute Gasteiger partial charge is 0.208 e. The van der Waals surface area contributed by atoms with E-state index >= 15 is 0 Å². The van der Waals surface area contributed by atoms with Gasteiger partial charge in [0.05, 0.1) is 9.79 Å². The lowest BCUT2D eigenvalue weighted by atomic mass is 9.96. The van der Waals surface area contributed by atoms with E-state index in [1.54, 1.807) is 24.3 Å². The number of rotatable bonds is 8. The van der Waals surface area contributed by atoms with Crippen LogP contribution in [-0.2, 0) is 26.5 Å². The maximum atomic E-state index is 12.7. The minimum Gasteiger partial charge on any atom is -0.208 e. The van der Waals surface area contributed by atoms with Gasteiger partial charge >= 0.3 is 0 Å². The van der Waals surface area contributed by atoms with Crippen molar-refractivity contribution in [1.29, 1.82) is 0 Å². The van der Waals surface area contributed by atoms with Crippen LogP contribution >= 0.6 is 0 Å². The van der Waals surface area contributed by atoms with Crippen molar-refractivity contribution >= 4 is 20.0 Å². The van der Waals surface area contributed by atoms with Crippen molar-refractivity contribution in [3.05, 3.63) is 59.7 Å². The molecule has 2 aromatic carbocycles. The van der Waals surface area contributed by atoms with E-state index in [2.05, 4.69) is 9.44 Å². The molecule has 2 aromatic rings. The zero-order valence-corrected chi connectivity index (χ0v) is 20.6. The highest BCUT2D eigenvalue weighted by atomic mass is 32.2. The van der Waals surface area contributed by atoms with E-state index in [-0.39, 0.29) is 21.9 Å². The first kappa shape index (κ1) is 24.4. The van der Waals surface area contributed by atoms with Crippen molar-refractivity contribution in [2.24, 2.45) is 0 Å². The molecule has 0 atom stereocenters. The van der Waals surface area contributed by atoms with Gasteiger partial charge in [0.1, 0.15) is 0 Å². The highest BCUT2D eigenvalue weighted by Crippen LogP contribution is 2.22. The summed E-state index contributed by atoms with van der Waals surface area (Å²) in [6, 6.07) is 13.9. The van der Waals surface area contributed by atoms with E-state index in [1.165, 1.54) is 12.8 Å². The molecule has 33 heavy (non-hydrogen) atoms. The predicted molar refractivity (Wildman–Crippen MR) is 130 cm³/mol. The molecule has 180 valence electrons. The summed E-state index contributed by atoms with van der Waals surface area (Å²) in [4.78, 5) is 0.569. The van der Waals surface area contributed by atoms with E-state index in [0.29, 0.717) is 6.42 Å². The lowest BCUT2D eigenvalue weighted by molar-refractivity contribution is 0.412. The Morgan fingerprint density at radius 2 is 0.879 bits per heavy atom. The van der Waals surface area contributed by atoms with Gasteiger partial charge in [-0.25, -0.2) is 26.3 Å². The standard InChI is InChI=1S/C25H34N2O4S2/c28-32(29,26-22-7-3-1-4-8-22)24-15-11-20(12-16-24)19-21-13-17-25(18-14-21)33(30,31)27-23-9-5-2-6-10-23/h11-18,22-23,26-27H,1-10,19H2. The van der Waals surface area contributed by atoms with Crippen molar-refractivity contribution in [3.8, 4) is 0 Å². The summed E-state index contributed by atoms with van der Waals surface area (Å²) in [6.07, 6.45) is 10.9. The SMILES string of the molecule is O=S(=O)(NC1CCCCC1)c1ccc(Cc2ccc(S(=O)(=O)NC3CCCCC3)cc2)cc1. The quantitative estimate of drug-likeness (QED) is 0.570. The minimum absolute atomic E-state index is 0.0332. The lowest BCUT2D eigenvalue weighted by Gasteiger charge is -2.22. The number of benzene rings is 2. The van der Waals surface area contributed by atoms with Crippen molar-refractivity contribution in [1.82, 2.24) is 9.44 Å². The highest BCUT2D eigenvalue weighted by Gasteiger charge is 2.23. The molecule has 2 N–H and O–H groups in total. The largest absolute Gasteiger partial charge is 0.240 e. The molecule has 0 saturated heterocycles. The van der Waals surface area contributed by atoms with E-state index < -0.39 is 20.0 Å². The second-order valence-electron chi connectivity index (χ2n) is 9.38. The Bertz CT molecular complexity index is 1020. The molecule has 0 aromatic heterocycles. The predicted octanol–water partition coefficient (Wildman–Crippen LogP) is 4.50. The molecule has 0 radical (unpaired) electrons. The Morgan fingerprint density at radius 3 is 1.21 bits per heavy atom. The summed E-state index contributed by atoms with van der Waals surface area (Å²) in [5.41, 5.74) is 1.95. The van der Waals surface area contributed by atoms with Gasteiger partial charge in [-0.3, -0.25) is 0 Å². The molecule has 2 fully saturated rings. The van der Waals surface area contributed by atoms with Gasteiger partial charge in [0, 0.05) is 12.1 Å². The molecule has 0 heterocycles. The van der Waals surface area contributed by atoms with Crippen LogP contribution in [0.2, 0.25) is 0 Å². The van der Waals surface area contributed by atoms with Crippen LogP contribution in [0.3, 0.4) is 0 Å². The van der Waals surface area contributed by atoms with Gasteiger partial charge in [-0.1, -0.05) is 62.8 Å². The van der Waals surface area contributed by atoms with Gasteiger partial charge in [0.15, 0.2) is 0 Å². The first-order valence-corrected chi connectivity index (χ1v) is 15.0. The summed E-state index contributed by atoms with van der Waals surface area (Å²) in [5, 5.41) is 0. The third-order valence-corrected chi connectivity index (χ3v) is 9.80. The van der Waals surface area contributed by atoms with Crippen molar-refractivity contribution in [2.45, 2.75) is 92.5 Å². The topological polar surface area (TPSA) is 92.3 Å². The van der Waals surface area contributed by atoms with Gasteiger partial charge < -0.3 is 0 Å². The third kappa shape index (κ3) is 6.66. The zero-order chi connectivity index (χ0) is 23.3. The van der Waals surface area contributed by atoms with Gasteiger partial charge in [-0.15, -0.1) is 0 Å². The van der Waals surface area contributed by atoms with E-state index in [4.69, 9.17) is 0 Å². The second-order valence-corrected chi connectivity index (χ2v) is 12.8. The van der Waals surface area contributed by atoms with E-state index in [1.807, 2.05) is 24.3 Å². The number of sulfonamides is 2. The maximum Gasteiger partial charge on any atom is 0.240 e. The average molecular weight is 491 g/mol. The Labute approximate surface area is 198 Å². The molecule has 0 amide bonds. The Morgan fingerprint density at radius 1 is 0.545 bits per heavy atom. The molecule has 8 heteroatoms. The fourth-order valence-electron chi connectivity index (χ4n) is 4.82. The fraction of sp³-hybridized carbons (Fsp3) is 0.520. The van der Waals surface area contributed by atoms with Crippen LogP contribution < -0.4 is 9.44 Å². The van der Waals surface area contributed by atoms with Crippen LogP contribution in [0, 0.1) is 0 Å². The van der Waals surface area contributed by atoms with Crippen molar-refractivity contribution in [2.75, 3.05) is 0 Å². The van der Waals surface area contributed by atoms with Crippen LogP contribution in [0.15, 0.2) is 58.3 Å². The summed E-state index contributed by atoms with van der Waals surface area (Å²) in [6.45, 7) is 0.